The van der Waals surface area contributed by atoms with E-state index in [1.165, 1.54) is 0 Å². The first-order valence-corrected chi connectivity index (χ1v) is 7.32. The van der Waals surface area contributed by atoms with Gasteiger partial charge in [-0.1, -0.05) is 34.1 Å². The van der Waals surface area contributed by atoms with E-state index in [0.29, 0.717) is 10.6 Å². The van der Waals surface area contributed by atoms with Crippen molar-refractivity contribution in [3.05, 3.63) is 63.6 Å². The van der Waals surface area contributed by atoms with E-state index >= 15 is 0 Å². The molecule has 3 rings (SSSR count). The number of benzene rings is 1. The van der Waals surface area contributed by atoms with E-state index in [4.69, 9.17) is 12.2 Å². The van der Waals surface area contributed by atoms with Gasteiger partial charge in [-0.05, 0) is 30.4 Å². The number of halogens is 1. The van der Waals surface area contributed by atoms with Gasteiger partial charge in [-0.2, -0.15) is 14.9 Å². The zero-order chi connectivity index (χ0) is 14.7. The Balaban J connectivity index is 2.02. The summed E-state index contributed by atoms with van der Waals surface area (Å²) in [5.74, 6) is 0.622. The second-order valence-electron chi connectivity index (χ2n) is 4.17. The van der Waals surface area contributed by atoms with Crippen LogP contribution >= 0.6 is 28.1 Å². The van der Waals surface area contributed by atoms with Gasteiger partial charge < -0.3 is 0 Å². The molecule has 0 spiro atoms. The van der Waals surface area contributed by atoms with Crippen molar-refractivity contribution in [2.45, 2.75) is 0 Å². The molecule has 0 amide bonds. The average Bonchev–Trinajstić information content (AvgIpc) is 2.88. The second-order valence-corrected chi connectivity index (χ2v) is 5.41. The molecule has 1 aromatic carbocycles. The summed E-state index contributed by atoms with van der Waals surface area (Å²) >= 11 is 8.70. The molecule has 0 aliphatic heterocycles. The number of rotatable bonds is 3. The molecule has 0 aliphatic rings. The van der Waals surface area contributed by atoms with E-state index in [-0.39, 0.29) is 0 Å². The third-order valence-electron chi connectivity index (χ3n) is 2.79. The number of hydrogen-bond acceptors (Lipinski definition) is 4. The third kappa shape index (κ3) is 2.98. The predicted octanol–water partition coefficient (Wildman–Crippen LogP) is 3.65. The van der Waals surface area contributed by atoms with Crippen molar-refractivity contribution in [3.63, 3.8) is 0 Å². The van der Waals surface area contributed by atoms with Crippen LogP contribution in [-0.4, -0.2) is 26.1 Å². The predicted molar refractivity (Wildman–Crippen MR) is 87.8 cm³/mol. The molecule has 0 saturated carbocycles. The van der Waals surface area contributed by atoms with E-state index < -0.39 is 0 Å². The van der Waals surface area contributed by atoms with Crippen molar-refractivity contribution >= 4 is 34.4 Å². The molecule has 0 saturated heterocycles. The lowest BCUT2D eigenvalue weighted by Gasteiger charge is -2.00. The van der Waals surface area contributed by atoms with Crippen molar-refractivity contribution in [2.24, 2.45) is 5.10 Å². The molecule has 104 valence electrons. The van der Waals surface area contributed by atoms with Gasteiger partial charge in [-0.15, -0.1) is 0 Å². The first kappa shape index (κ1) is 13.8. The summed E-state index contributed by atoms with van der Waals surface area (Å²) in [6, 6.07) is 11.6. The molecule has 5 nitrogen and oxygen atoms in total. The molecule has 2 heterocycles. The van der Waals surface area contributed by atoms with E-state index in [2.05, 4.69) is 36.2 Å². The number of nitrogens with zero attached hydrogens (tertiary/aromatic N) is 4. The molecule has 0 unspecified atom stereocenters. The maximum Gasteiger partial charge on any atom is 0.216 e. The highest BCUT2D eigenvalue weighted by Gasteiger charge is 2.07. The third-order valence-corrected chi connectivity index (χ3v) is 3.77. The Hall–Kier alpha value is -2.12. The van der Waals surface area contributed by atoms with Crippen LogP contribution in [0.25, 0.3) is 11.4 Å². The fourth-order valence-electron chi connectivity index (χ4n) is 1.78. The minimum Gasteiger partial charge on any atom is -0.264 e. The van der Waals surface area contributed by atoms with Gasteiger partial charge in [0.1, 0.15) is 0 Å². The van der Waals surface area contributed by atoms with Crippen LogP contribution in [0.2, 0.25) is 0 Å². The average molecular weight is 360 g/mol. The van der Waals surface area contributed by atoms with Crippen molar-refractivity contribution in [3.8, 4) is 11.4 Å². The van der Waals surface area contributed by atoms with Crippen LogP contribution in [0.5, 0.6) is 0 Å². The Bertz CT molecular complexity index is 838. The lowest BCUT2D eigenvalue weighted by molar-refractivity contribution is 0.871. The highest BCUT2D eigenvalue weighted by Crippen LogP contribution is 2.17. The molecule has 0 aliphatic carbocycles. The number of nitrogens with one attached hydrogen (secondary N) is 1. The van der Waals surface area contributed by atoms with Crippen LogP contribution < -0.4 is 0 Å². The lowest BCUT2D eigenvalue weighted by Crippen LogP contribution is -1.95. The summed E-state index contributed by atoms with van der Waals surface area (Å²) in [7, 11) is 0. The van der Waals surface area contributed by atoms with Gasteiger partial charge in [-0.3, -0.25) is 4.98 Å². The fourth-order valence-corrected chi connectivity index (χ4v) is 2.35. The molecule has 3 aromatic rings. The molecule has 7 heteroatoms. The summed E-state index contributed by atoms with van der Waals surface area (Å²) in [5.41, 5.74) is 1.80. The summed E-state index contributed by atoms with van der Waals surface area (Å²) in [5, 5.41) is 11.4. The number of hydrogen-bond donors (Lipinski definition) is 1. The Morgan fingerprint density at radius 1 is 1.24 bits per heavy atom. The number of H-pyrrole nitrogens is 1. The largest absolute Gasteiger partial charge is 0.264 e. The molecular formula is C14H10BrN5S. The molecule has 0 radical (unpaired) electrons. The Labute approximate surface area is 134 Å². The van der Waals surface area contributed by atoms with Crippen molar-refractivity contribution in [1.29, 1.82) is 0 Å². The first-order valence-electron chi connectivity index (χ1n) is 6.12. The molecule has 1 N–H and O–H groups in total. The normalized spacial score (nSPS) is 11.1. The standard InChI is InChI=1S/C14H10BrN5S/c15-12-6-2-1-4-10(12)9-17-20-13(18-19-14(20)21)11-5-3-7-16-8-11/h1-9H,(H,19,21)/b17-9-. The van der Waals surface area contributed by atoms with Crippen molar-refractivity contribution in [2.75, 3.05) is 0 Å². The number of pyridine rings is 1. The van der Waals surface area contributed by atoms with Gasteiger partial charge >= 0.3 is 0 Å². The van der Waals surface area contributed by atoms with Crippen LogP contribution in [-0.2, 0) is 0 Å². The van der Waals surface area contributed by atoms with Gasteiger partial charge in [0.15, 0.2) is 5.82 Å². The summed E-state index contributed by atoms with van der Waals surface area (Å²) in [6.45, 7) is 0. The number of aromatic amines is 1. The quantitative estimate of drug-likeness (QED) is 0.573. The monoisotopic (exact) mass is 359 g/mol. The SMILES string of the molecule is S=c1[nH]nc(-c2cccnc2)n1/N=C\c1ccccc1Br. The van der Waals surface area contributed by atoms with Gasteiger partial charge in [0.25, 0.3) is 0 Å². The smallest absolute Gasteiger partial charge is 0.216 e. The molecule has 0 atom stereocenters. The van der Waals surface area contributed by atoms with E-state index in [1.807, 2.05) is 36.4 Å². The topological polar surface area (TPSA) is 58.9 Å². The second kappa shape index (κ2) is 6.11. The Morgan fingerprint density at radius 2 is 2.10 bits per heavy atom. The zero-order valence-electron chi connectivity index (χ0n) is 10.8. The van der Waals surface area contributed by atoms with E-state index in [0.717, 1.165) is 15.6 Å². The maximum atomic E-state index is 5.22. The van der Waals surface area contributed by atoms with Crippen LogP contribution in [0.15, 0.2) is 58.4 Å². The number of aromatic nitrogens is 4. The lowest BCUT2D eigenvalue weighted by atomic mass is 10.2. The summed E-state index contributed by atoms with van der Waals surface area (Å²) in [4.78, 5) is 4.08. The van der Waals surface area contributed by atoms with Crippen molar-refractivity contribution < 1.29 is 0 Å². The van der Waals surface area contributed by atoms with Crippen molar-refractivity contribution in [1.82, 2.24) is 19.9 Å². The Kier molecular flexibility index (Phi) is 4.03. The van der Waals surface area contributed by atoms with Crippen LogP contribution in [0.1, 0.15) is 5.56 Å². The van der Waals surface area contributed by atoms with Gasteiger partial charge in [-0.25, -0.2) is 5.10 Å². The highest BCUT2D eigenvalue weighted by atomic mass is 79.9. The molecular weight excluding hydrogens is 350 g/mol. The molecule has 2 aromatic heterocycles. The van der Waals surface area contributed by atoms with Crippen LogP contribution in [0.4, 0.5) is 0 Å². The van der Waals surface area contributed by atoms with E-state index in [1.54, 1.807) is 23.3 Å². The van der Waals surface area contributed by atoms with E-state index in [9.17, 15) is 0 Å². The van der Waals surface area contributed by atoms with Crippen LogP contribution in [0.3, 0.4) is 0 Å². The summed E-state index contributed by atoms with van der Waals surface area (Å²) < 4.78 is 2.97. The van der Waals surface area contributed by atoms with Gasteiger partial charge in [0.2, 0.25) is 4.77 Å². The Morgan fingerprint density at radius 3 is 2.86 bits per heavy atom. The molecule has 0 fully saturated rings. The van der Waals surface area contributed by atoms with Gasteiger partial charge in [0.05, 0.1) is 6.21 Å². The van der Waals surface area contributed by atoms with Gasteiger partial charge in [0, 0.05) is 28.0 Å². The minimum atomic E-state index is 0.428. The highest BCUT2D eigenvalue weighted by molar-refractivity contribution is 9.10. The van der Waals surface area contributed by atoms with Crippen LogP contribution in [0, 0.1) is 4.77 Å². The first-order chi connectivity index (χ1) is 10.3. The summed E-state index contributed by atoms with van der Waals surface area (Å²) in [6.07, 6.45) is 5.16. The maximum absolute atomic E-state index is 5.22. The molecule has 21 heavy (non-hydrogen) atoms. The zero-order valence-corrected chi connectivity index (χ0v) is 13.2. The molecule has 0 bridgehead atoms. The minimum absolute atomic E-state index is 0.428. The fraction of sp³-hybridized carbons (Fsp3) is 0.